The number of nitrogen functional groups attached to an aromatic ring is 1. The maximum absolute atomic E-state index is 11.8. The molecule has 0 bridgehead atoms. The first-order chi connectivity index (χ1) is 9.82. The van der Waals surface area contributed by atoms with Gasteiger partial charge >= 0.3 is 0 Å². The Hall–Kier alpha value is -2.12. The van der Waals surface area contributed by atoms with Crippen LogP contribution in [-0.4, -0.2) is 31.4 Å². The van der Waals surface area contributed by atoms with Crippen LogP contribution in [0.2, 0.25) is 0 Å². The lowest BCUT2D eigenvalue weighted by atomic mass is 10.4. The van der Waals surface area contributed by atoms with Crippen LogP contribution in [0.1, 0.15) is 16.6 Å². The molecule has 0 aliphatic carbocycles. The summed E-state index contributed by atoms with van der Waals surface area (Å²) in [5.41, 5.74) is 5.70. The Labute approximate surface area is 125 Å². The molecule has 21 heavy (non-hydrogen) atoms. The van der Waals surface area contributed by atoms with Gasteiger partial charge in [-0.05, 0) is 0 Å². The van der Waals surface area contributed by atoms with Crippen LogP contribution in [0, 0.1) is 18.3 Å². The third-order valence-corrected chi connectivity index (χ3v) is 4.94. The highest BCUT2D eigenvalue weighted by Gasteiger charge is 2.23. The first kappa shape index (κ1) is 15.3. The molecule has 3 N–H and O–H groups in total. The molecular weight excluding hydrogens is 314 g/mol. The zero-order chi connectivity index (χ0) is 15.6. The molecule has 0 saturated heterocycles. The highest BCUT2D eigenvalue weighted by atomic mass is 32.2. The zero-order valence-corrected chi connectivity index (χ0v) is 13.0. The Bertz CT molecular complexity index is 800. The summed E-state index contributed by atoms with van der Waals surface area (Å²) in [6.45, 7) is 2.08. The summed E-state index contributed by atoms with van der Waals surface area (Å²) in [6, 6.07) is 1.89. The maximum Gasteiger partial charge on any atom is 0.223 e. The van der Waals surface area contributed by atoms with Crippen LogP contribution < -0.4 is 11.1 Å². The van der Waals surface area contributed by atoms with Crippen LogP contribution in [0.5, 0.6) is 0 Å². The van der Waals surface area contributed by atoms with Crippen LogP contribution in [0.4, 0.5) is 10.7 Å². The van der Waals surface area contributed by atoms with Gasteiger partial charge in [0.1, 0.15) is 20.8 Å². The summed E-state index contributed by atoms with van der Waals surface area (Å²) in [7, 11) is -3.52. The number of hydrogen-bond donors (Lipinski definition) is 2. The van der Waals surface area contributed by atoms with Crippen LogP contribution >= 0.6 is 11.3 Å². The molecule has 2 rings (SSSR count). The fraction of sp³-hybridized carbons (Fsp3) is 0.364. The lowest BCUT2D eigenvalue weighted by Gasteiger charge is -2.05. The van der Waals surface area contributed by atoms with Gasteiger partial charge in [0.15, 0.2) is 15.7 Å². The quantitative estimate of drug-likeness (QED) is 0.828. The van der Waals surface area contributed by atoms with Gasteiger partial charge in [0.2, 0.25) is 5.89 Å². The minimum absolute atomic E-state index is 0.0112. The molecule has 2 heterocycles. The van der Waals surface area contributed by atoms with E-state index in [0.717, 1.165) is 17.6 Å². The summed E-state index contributed by atoms with van der Waals surface area (Å²) >= 11 is 1.01. The normalized spacial score (nSPS) is 11.3. The largest absolute Gasteiger partial charge is 0.396 e. The number of nitrogens with one attached hydrogen (secondary N) is 1. The summed E-state index contributed by atoms with van der Waals surface area (Å²) in [6.07, 6.45) is 1.51. The Kier molecular flexibility index (Phi) is 4.15. The molecule has 10 heteroatoms. The summed E-state index contributed by atoms with van der Waals surface area (Å²) in [4.78, 5) is 4.18. The minimum atomic E-state index is -3.52. The fourth-order valence-corrected chi connectivity index (χ4v) is 4.12. The minimum Gasteiger partial charge on any atom is -0.396 e. The van der Waals surface area contributed by atoms with E-state index in [1.807, 2.05) is 6.07 Å². The van der Waals surface area contributed by atoms with Crippen molar-refractivity contribution in [1.29, 1.82) is 5.26 Å². The Morgan fingerprint density at radius 1 is 1.52 bits per heavy atom. The van der Waals surface area contributed by atoms with Gasteiger partial charge in [-0.3, -0.25) is 0 Å². The molecule has 8 nitrogen and oxygen atoms in total. The first-order valence-electron chi connectivity index (χ1n) is 5.88. The first-order valence-corrected chi connectivity index (χ1v) is 8.59. The van der Waals surface area contributed by atoms with Crippen molar-refractivity contribution in [3.8, 4) is 6.07 Å². The molecule has 2 aromatic rings. The van der Waals surface area contributed by atoms with E-state index in [4.69, 9.17) is 15.5 Å². The number of nitriles is 1. The van der Waals surface area contributed by atoms with E-state index in [0.29, 0.717) is 29.7 Å². The number of nitrogens with two attached hydrogens (primary N) is 1. The predicted octanol–water partition coefficient (Wildman–Crippen LogP) is 0.952. The Morgan fingerprint density at radius 3 is 2.76 bits per heavy atom. The molecule has 0 amide bonds. The Morgan fingerprint density at radius 2 is 2.24 bits per heavy atom. The van der Waals surface area contributed by atoms with E-state index in [2.05, 4.69) is 15.5 Å². The van der Waals surface area contributed by atoms with Crippen molar-refractivity contribution in [2.24, 2.45) is 0 Å². The van der Waals surface area contributed by atoms with E-state index in [1.165, 1.54) is 0 Å². The average Bonchev–Trinajstić information content (AvgIpc) is 2.92. The van der Waals surface area contributed by atoms with Crippen LogP contribution in [0.15, 0.2) is 9.42 Å². The van der Waals surface area contributed by atoms with Gasteiger partial charge in [-0.15, -0.1) is 11.3 Å². The second-order valence-electron chi connectivity index (χ2n) is 4.29. The fourth-order valence-electron chi connectivity index (χ4n) is 1.73. The molecule has 0 radical (unpaired) electrons. The van der Waals surface area contributed by atoms with E-state index in [9.17, 15) is 8.42 Å². The number of rotatable bonds is 5. The standard InChI is InChI=1S/C11H13N5O3S2/c1-6-15-8(16-19-6)3-4-14-11-10(21(2,17)18)9(13)7(5-12)20-11/h14H,3-4,13H2,1-2H3. The average molecular weight is 327 g/mol. The van der Waals surface area contributed by atoms with E-state index < -0.39 is 9.84 Å². The highest BCUT2D eigenvalue weighted by Crippen LogP contribution is 2.38. The van der Waals surface area contributed by atoms with Gasteiger partial charge in [0.25, 0.3) is 0 Å². The molecule has 0 aromatic carbocycles. The molecule has 0 unspecified atom stereocenters. The topological polar surface area (TPSA) is 135 Å². The lowest BCUT2D eigenvalue weighted by Crippen LogP contribution is -2.09. The molecule has 0 atom stereocenters. The van der Waals surface area contributed by atoms with E-state index in [-0.39, 0.29) is 15.5 Å². The lowest BCUT2D eigenvalue weighted by molar-refractivity contribution is 0.387. The monoisotopic (exact) mass is 327 g/mol. The van der Waals surface area contributed by atoms with Crippen molar-refractivity contribution in [2.75, 3.05) is 23.9 Å². The second-order valence-corrected chi connectivity index (χ2v) is 7.27. The molecular formula is C11H13N5O3S2. The molecule has 112 valence electrons. The van der Waals surface area contributed by atoms with Crippen LogP contribution in [-0.2, 0) is 16.3 Å². The van der Waals surface area contributed by atoms with Crippen molar-refractivity contribution in [1.82, 2.24) is 10.1 Å². The Balaban J connectivity index is 2.18. The summed E-state index contributed by atoms with van der Waals surface area (Å²) in [5, 5.41) is 16.0. The van der Waals surface area contributed by atoms with Crippen LogP contribution in [0.3, 0.4) is 0 Å². The van der Waals surface area contributed by atoms with E-state index in [1.54, 1.807) is 6.92 Å². The molecule has 0 aliphatic rings. The number of hydrogen-bond acceptors (Lipinski definition) is 9. The predicted molar refractivity (Wildman–Crippen MR) is 77.8 cm³/mol. The van der Waals surface area contributed by atoms with Gasteiger partial charge in [0.05, 0.1) is 5.69 Å². The molecule has 0 fully saturated rings. The number of aryl methyl sites for hydroxylation is 1. The number of aromatic nitrogens is 2. The SMILES string of the molecule is Cc1nc(CCNc2sc(C#N)c(N)c2S(C)(=O)=O)no1. The van der Waals surface area contributed by atoms with Crippen molar-refractivity contribution in [3.05, 3.63) is 16.6 Å². The van der Waals surface area contributed by atoms with Crippen molar-refractivity contribution in [3.63, 3.8) is 0 Å². The van der Waals surface area contributed by atoms with Crippen molar-refractivity contribution >= 4 is 31.9 Å². The zero-order valence-electron chi connectivity index (χ0n) is 11.4. The summed E-state index contributed by atoms with van der Waals surface area (Å²) < 4.78 is 28.4. The van der Waals surface area contributed by atoms with Crippen LogP contribution in [0.25, 0.3) is 0 Å². The van der Waals surface area contributed by atoms with Gasteiger partial charge in [-0.1, -0.05) is 5.16 Å². The number of nitrogens with zero attached hydrogens (tertiary/aromatic N) is 3. The molecule has 0 aliphatic heterocycles. The summed E-state index contributed by atoms with van der Waals surface area (Å²) in [5.74, 6) is 0.986. The van der Waals surface area contributed by atoms with Gasteiger partial charge in [-0.2, -0.15) is 10.2 Å². The third kappa shape index (κ3) is 3.32. The maximum atomic E-state index is 11.8. The number of thiophene rings is 1. The van der Waals surface area contributed by atoms with Crippen molar-refractivity contribution < 1.29 is 12.9 Å². The molecule has 0 spiro atoms. The number of sulfone groups is 1. The smallest absolute Gasteiger partial charge is 0.223 e. The highest BCUT2D eigenvalue weighted by molar-refractivity contribution is 7.91. The van der Waals surface area contributed by atoms with Gasteiger partial charge < -0.3 is 15.6 Å². The molecule has 2 aromatic heterocycles. The number of anilines is 2. The van der Waals surface area contributed by atoms with Gasteiger partial charge in [-0.25, -0.2) is 8.42 Å². The molecule has 0 saturated carbocycles. The second kappa shape index (κ2) is 5.71. The van der Waals surface area contributed by atoms with Gasteiger partial charge in [0, 0.05) is 26.1 Å². The van der Waals surface area contributed by atoms with Crippen molar-refractivity contribution in [2.45, 2.75) is 18.2 Å². The van der Waals surface area contributed by atoms with E-state index >= 15 is 0 Å². The third-order valence-electron chi connectivity index (χ3n) is 2.58.